The third kappa shape index (κ3) is 5.49. The molecule has 138 valence electrons. The summed E-state index contributed by atoms with van der Waals surface area (Å²) < 4.78 is 10.4. The van der Waals surface area contributed by atoms with Gasteiger partial charge in [0.15, 0.2) is 0 Å². The highest BCUT2D eigenvalue weighted by atomic mass is 35.5. The summed E-state index contributed by atoms with van der Waals surface area (Å²) in [4.78, 5) is 25.4. The lowest BCUT2D eigenvalue weighted by molar-refractivity contribution is -0.140. The Bertz CT molecular complexity index is 763. The Morgan fingerprint density at radius 1 is 1.08 bits per heavy atom. The van der Waals surface area contributed by atoms with Gasteiger partial charge in [0, 0.05) is 30.6 Å². The second-order valence-corrected chi connectivity index (χ2v) is 6.19. The Hall–Kier alpha value is -2.53. The zero-order valence-electron chi connectivity index (χ0n) is 14.9. The number of nitrogens with zero attached hydrogens (tertiary/aromatic N) is 1. The molecule has 0 spiro atoms. The standard InChI is InChI=1S/C20H22ClNO4/c1-22(13-7-12-19(23)25-2)20(24)16-9-4-6-11-18(16)26-14-15-8-3-5-10-17(15)21/h3-6,8-11H,7,12-14H2,1-2H3. The maximum atomic E-state index is 12.7. The number of benzene rings is 2. The van der Waals surface area contributed by atoms with Gasteiger partial charge in [-0.3, -0.25) is 9.59 Å². The molecule has 1 amide bonds. The summed E-state index contributed by atoms with van der Waals surface area (Å²) in [5.41, 5.74) is 1.32. The van der Waals surface area contributed by atoms with Gasteiger partial charge >= 0.3 is 5.97 Å². The summed E-state index contributed by atoms with van der Waals surface area (Å²) in [5, 5.41) is 0.622. The third-order valence-electron chi connectivity index (χ3n) is 3.91. The number of para-hydroxylation sites is 1. The highest BCUT2D eigenvalue weighted by Crippen LogP contribution is 2.23. The number of carbonyl (C=O) groups is 2. The summed E-state index contributed by atoms with van der Waals surface area (Å²) in [7, 11) is 3.05. The fourth-order valence-corrected chi connectivity index (χ4v) is 2.60. The molecular weight excluding hydrogens is 354 g/mol. The zero-order chi connectivity index (χ0) is 18.9. The normalized spacial score (nSPS) is 10.3. The average Bonchev–Trinajstić information content (AvgIpc) is 2.66. The zero-order valence-corrected chi connectivity index (χ0v) is 15.7. The molecule has 0 fully saturated rings. The van der Waals surface area contributed by atoms with Crippen LogP contribution in [0.1, 0.15) is 28.8 Å². The van der Waals surface area contributed by atoms with Crippen molar-refractivity contribution in [2.24, 2.45) is 0 Å². The van der Waals surface area contributed by atoms with Gasteiger partial charge in [-0.2, -0.15) is 0 Å². The van der Waals surface area contributed by atoms with E-state index < -0.39 is 0 Å². The number of rotatable bonds is 8. The van der Waals surface area contributed by atoms with Crippen molar-refractivity contribution in [3.05, 3.63) is 64.7 Å². The second kappa shape index (κ2) is 9.82. The van der Waals surface area contributed by atoms with Gasteiger partial charge in [-0.05, 0) is 24.6 Å². The van der Waals surface area contributed by atoms with Crippen LogP contribution in [0, 0.1) is 0 Å². The van der Waals surface area contributed by atoms with Crippen LogP contribution in [-0.2, 0) is 16.1 Å². The first kappa shape index (κ1) is 19.8. The molecule has 0 heterocycles. The monoisotopic (exact) mass is 375 g/mol. The Morgan fingerprint density at radius 3 is 2.50 bits per heavy atom. The van der Waals surface area contributed by atoms with E-state index >= 15 is 0 Å². The molecular formula is C20H22ClNO4. The molecule has 2 aromatic rings. The van der Waals surface area contributed by atoms with E-state index in [0.29, 0.717) is 29.3 Å². The number of amides is 1. The fourth-order valence-electron chi connectivity index (χ4n) is 2.41. The van der Waals surface area contributed by atoms with Gasteiger partial charge in [-0.1, -0.05) is 41.9 Å². The quantitative estimate of drug-likeness (QED) is 0.656. The number of hydrogen-bond donors (Lipinski definition) is 0. The molecule has 2 rings (SSSR count). The first-order valence-corrected chi connectivity index (χ1v) is 8.68. The predicted molar refractivity (Wildman–Crippen MR) is 100 cm³/mol. The number of halogens is 1. The van der Waals surface area contributed by atoms with Crippen LogP contribution in [-0.4, -0.2) is 37.5 Å². The van der Waals surface area contributed by atoms with E-state index in [1.54, 1.807) is 36.2 Å². The Kier molecular flexibility index (Phi) is 7.48. The summed E-state index contributed by atoms with van der Waals surface area (Å²) in [6.07, 6.45) is 0.816. The van der Waals surface area contributed by atoms with E-state index in [0.717, 1.165) is 5.56 Å². The number of carbonyl (C=O) groups excluding carboxylic acids is 2. The van der Waals surface area contributed by atoms with Gasteiger partial charge in [-0.15, -0.1) is 0 Å². The van der Waals surface area contributed by atoms with Gasteiger partial charge in [0.1, 0.15) is 12.4 Å². The van der Waals surface area contributed by atoms with Gasteiger partial charge < -0.3 is 14.4 Å². The molecule has 6 heteroatoms. The topological polar surface area (TPSA) is 55.8 Å². The summed E-state index contributed by atoms with van der Waals surface area (Å²) in [6.45, 7) is 0.725. The lowest BCUT2D eigenvalue weighted by Crippen LogP contribution is -2.28. The van der Waals surface area contributed by atoms with Crippen LogP contribution in [0.4, 0.5) is 0 Å². The molecule has 0 aliphatic heterocycles. The number of esters is 1. The molecule has 5 nitrogen and oxygen atoms in total. The van der Waals surface area contributed by atoms with Crippen molar-refractivity contribution in [2.75, 3.05) is 20.7 Å². The van der Waals surface area contributed by atoms with Crippen LogP contribution in [0.5, 0.6) is 5.75 Å². The lowest BCUT2D eigenvalue weighted by Gasteiger charge is -2.19. The smallest absolute Gasteiger partial charge is 0.305 e. The van der Waals surface area contributed by atoms with Crippen molar-refractivity contribution in [3.63, 3.8) is 0 Å². The summed E-state index contributed by atoms with van der Waals surface area (Å²) in [5.74, 6) is 0.0520. The summed E-state index contributed by atoms with van der Waals surface area (Å²) in [6, 6.07) is 14.5. The summed E-state index contributed by atoms with van der Waals surface area (Å²) >= 11 is 6.15. The molecule has 0 aromatic heterocycles. The number of methoxy groups -OCH3 is 1. The molecule has 0 unspecified atom stereocenters. The van der Waals surface area contributed by atoms with E-state index in [1.807, 2.05) is 24.3 Å². The molecule has 0 aliphatic rings. The van der Waals surface area contributed by atoms with Crippen molar-refractivity contribution < 1.29 is 19.1 Å². The maximum absolute atomic E-state index is 12.7. The molecule has 0 saturated carbocycles. The average molecular weight is 376 g/mol. The Balaban J connectivity index is 2.01. The van der Waals surface area contributed by atoms with Gasteiger partial charge in [-0.25, -0.2) is 0 Å². The van der Waals surface area contributed by atoms with Crippen molar-refractivity contribution >= 4 is 23.5 Å². The largest absolute Gasteiger partial charge is 0.488 e. The van der Waals surface area contributed by atoms with Crippen LogP contribution in [0.2, 0.25) is 5.02 Å². The number of ether oxygens (including phenoxy) is 2. The van der Waals surface area contributed by atoms with Crippen LogP contribution in [0.25, 0.3) is 0 Å². The minimum atomic E-state index is -0.283. The fraction of sp³-hybridized carbons (Fsp3) is 0.300. The van der Waals surface area contributed by atoms with E-state index in [-0.39, 0.29) is 24.9 Å². The van der Waals surface area contributed by atoms with Crippen LogP contribution >= 0.6 is 11.6 Å². The highest BCUT2D eigenvalue weighted by Gasteiger charge is 2.17. The van der Waals surface area contributed by atoms with Crippen LogP contribution < -0.4 is 4.74 Å². The van der Waals surface area contributed by atoms with E-state index in [2.05, 4.69) is 4.74 Å². The molecule has 0 N–H and O–H groups in total. The third-order valence-corrected chi connectivity index (χ3v) is 4.28. The van der Waals surface area contributed by atoms with Gasteiger partial charge in [0.25, 0.3) is 5.91 Å². The molecule has 0 radical (unpaired) electrons. The van der Waals surface area contributed by atoms with Crippen molar-refractivity contribution in [1.29, 1.82) is 0 Å². The van der Waals surface area contributed by atoms with E-state index in [1.165, 1.54) is 7.11 Å². The minimum absolute atomic E-state index is 0.162. The molecule has 2 aromatic carbocycles. The van der Waals surface area contributed by atoms with Gasteiger partial charge in [0.05, 0.1) is 12.7 Å². The van der Waals surface area contributed by atoms with E-state index in [9.17, 15) is 9.59 Å². The predicted octanol–water partition coefficient (Wildman–Crippen LogP) is 3.94. The second-order valence-electron chi connectivity index (χ2n) is 5.78. The van der Waals surface area contributed by atoms with Crippen molar-refractivity contribution in [3.8, 4) is 5.75 Å². The first-order chi connectivity index (χ1) is 12.5. The molecule has 0 saturated heterocycles. The van der Waals surface area contributed by atoms with Crippen molar-refractivity contribution in [2.45, 2.75) is 19.4 Å². The minimum Gasteiger partial charge on any atom is -0.488 e. The Labute approximate surface area is 158 Å². The maximum Gasteiger partial charge on any atom is 0.305 e. The van der Waals surface area contributed by atoms with Crippen LogP contribution in [0.3, 0.4) is 0 Å². The first-order valence-electron chi connectivity index (χ1n) is 8.30. The van der Waals surface area contributed by atoms with Gasteiger partial charge in [0.2, 0.25) is 0 Å². The SMILES string of the molecule is COC(=O)CCCN(C)C(=O)c1ccccc1OCc1ccccc1Cl. The van der Waals surface area contributed by atoms with Crippen molar-refractivity contribution in [1.82, 2.24) is 4.90 Å². The molecule has 0 bridgehead atoms. The highest BCUT2D eigenvalue weighted by molar-refractivity contribution is 6.31. The number of hydrogen-bond acceptors (Lipinski definition) is 4. The molecule has 0 atom stereocenters. The molecule has 26 heavy (non-hydrogen) atoms. The lowest BCUT2D eigenvalue weighted by atomic mass is 10.1. The van der Waals surface area contributed by atoms with Crippen LogP contribution in [0.15, 0.2) is 48.5 Å². The molecule has 0 aliphatic carbocycles. The van der Waals surface area contributed by atoms with E-state index in [4.69, 9.17) is 16.3 Å². The Morgan fingerprint density at radius 2 is 1.77 bits per heavy atom.